The first kappa shape index (κ1) is 24.5. The number of allylic oxidation sites excluding steroid dienone is 1. The quantitative estimate of drug-likeness (QED) is 0.255. The highest BCUT2D eigenvalue weighted by molar-refractivity contribution is 5.30. The largest absolute Gasteiger partial charge is 0.393 e. The first-order valence-electron chi connectivity index (χ1n) is 13.4. The summed E-state index contributed by atoms with van der Waals surface area (Å²) in [5, 5.41) is 20.7. The van der Waals surface area contributed by atoms with Gasteiger partial charge in [0, 0.05) is 5.41 Å². The average Bonchev–Trinajstić information content (AvgIpc) is 3.06. The number of aliphatic hydroxyl groups excluding tert-OH is 1. The molecule has 0 radical (unpaired) electrons. The summed E-state index contributed by atoms with van der Waals surface area (Å²) in [5.41, 5.74) is 2.21. The highest BCUT2D eigenvalue weighted by Gasteiger charge is 2.66. The Labute approximate surface area is 196 Å². The van der Waals surface area contributed by atoms with Crippen molar-refractivity contribution in [3.05, 3.63) is 23.8 Å². The van der Waals surface area contributed by atoms with E-state index in [1.807, 2.05) is 0 Å². The van der Waals surface area contributed by atoms with E-state index in [2.05, 4.69) is 54.2 Å². The molecule has 0 aromatic rings. The average molecular weight is 445 g/mol. The lowest BCUT2D eigenvalue weighted by molar-refractivity contribution is -0.341. The molecule has 0 spiro atoms. The van der Waals surface area contributed by atoms with E-state index >= 15 is 0 Å². The second kappa shape index (κ2) is 8.54. The zero-order chi connectivity index (χ0) is 23.5. The maximum Gasteiger partial charge on any atom is 0.130 e. The van der Waals surface area contributed by atoms with Crippen LogP contribution in [0.2, 0.25) is 0 Å². The van der Waals surface area contributed by atoms with Crippen LogP contribution in [0.25, 0.3) is 0 Å². The molecule has 0 amide bonds. The molecule has 0 aromatic carbocycles. The fourth-order valence-electron chi connectivity index (χ4n) is 8.83. The highest BCUT2D eigenvalue weighted by atomic mass is 17.1. The molecule has 32 heavy (non-hydrogen) atoms. The van der Waals surface area contributed by atoms with Crippen molar-refractivity contribution < 1.29 is 15.3 Å². The van der Waals surface area contributed by atoms with Crippen LogP contribution < -0.4 is 0 Å². The number of hydrogen-bond donors (Lipinski definition) is 2. The molecule has 4 rings (SSSR count). The monoisotopic (exact) mass is 444 g/mol. The van der Waals surface area contributed by atoms with Crippen molar-refractivity contribution in [1.29, 1.82) is 0 Å². The summed E-state index contributed by atoms with van der Waals surface area (Å²) in [4.78, 5) is 5.55. The molecule has 0 heterocycles. The maximum absolute atomic E-state index is 10.4. The Morgan fingerprint density at radius 3 is 2.44 bits per heavy atom. The smallest absolute Gasteiger partial charge is 0.130 e. The molecule has 0 saturated heterocycles. The van der Waals surface area contributed by atoms with E-state index in [0.29, 0.717) is 35.5 Å². The van der Waals surface area contributed by atoms with Gasteiger partial charge in [0.25, 0.3) is 0 Å². The van der Waals surface area contributed by atoms with Gasteiger partial charge in [-0.05, 0) is 104 Å². The number of rotatable bonds is 6. The van der Waals surface area contributed by atoms with Crippen LogP contribution in [0.4, 0.5) is 0 Å². The Bertz CT molecular complexity index is 756. The van der Waals surface area contributed by atoms with Crippen LogP contribution in [0.5, 0.6) is 0 Å². The number of hydrogen-bond acceptors (Lipinski definition) is 3. The van der Waals surface area contributed by atoms with Crippen molar-refractivity contribution in [3.8, 4) is 0 Å². The van der Waals surface area contributed by atoms with Gasteiger partial charge in [0.15, 0.2) is 0 Å². The van der Waals surface area contributed by atoms with E-state index < -0.39 is 5.60 Å². The van der Waals surface area contributed by atoms with Crippen molar-refractivity contribution in [2.45, 2.75) is 111 Å². The molecule has 182 valence electrons. The lowest BCUT2D eigenvalue weighted by Gasteiger charge is -2.59. The van der Waals surface area contributed by atoms with Gasteiger partial charge >= 0.3 is 0 Å². The van der Waals surface area contributed by atoms with E-state index in [4.69, 9.17) is 4.89 Å². The number of aliphatic hydroxyl groups is 1. The zero-order valence-corrected chi connectivity index (χ0v) is 21.5. The Morgan fingerprint density at radius 1 is 1.09 bits per heavy atom. The molecule has 3 nitrogen and oxygen atoms in total. The van der Waals surface area contributed by atoms with Crippen molar-refractivity contribution in [1.82, 2.24) is 0 Å². The van der Waals surface area contributed by atoms with Crippen LogP contribution in [0.15, 0.2) is 23.8 Å². The summed E-state index contributed by atoms with van der Waals surface area (Å²) in [6.45, 7) is 18.7. The van der Waals surface area contributed by atoms with Gasteiger partial charge in [-0.2, -0.15) is 0 Å². The topological polar surface area (TPSA) is 49.7 Å². The molecule has 3 saturated carbocycles. The van der Waals surface area contributed by atoms with E-state index in [-0.39, 0.29) is 16.9 Å². The van der Waals surface area contributed by atoms with Crippen LogP contribution >= 0.6 is 0 Å². The van der Waals surface area contributed by atoms with Gasteiger partial charge in [-0.15, -0.1) is 0 Å². The molecule has 0 unspecified atom stereocenters. The first-order chi connectivity index (χ1) is 15.0. The zero-order valence-electron chi connectivity index (χ0n) is 21.5. The van der Waals surface area contributed by atoms with E-state index in [9.17, 15) is 10.4 Å². The summed E-state index contributed by atoms with van der Waals surface area (Å²) in [5.74, 6) is 3.69. The highest BCUT2D eigenvalue weighted by Crippen LogP contribution is 2.69. The van der Waals surface area contributed by atoms with E-state index in [1.165, 1.54) is 12.0 Å². The van der Waals surface area contributed by atoms with Gasteiger partial charge in [-0.25, -0.2) is 4.89 Å². The van der Waals surface area contributed by atoms with Gasteiger partial charge in [0.2, 0.25) is 0 Å². The van der Waals surface area contributed by atoms with Crippen molar-refractivity contribution in [2.75, 3.05) is 0 Å². The second-order valence-corrected chi connectivity index (χ2v) is 13.0. The summed E-state index contributed by atoms with van der Waals surface area (Å²) in [6.07, 6.45) is 11.6. The third kappa shape index (κ3) is 3.48. The minimum Gasteiger partial charge on any atom is -0.393 e. The summed E-state index contributed by atoms with van der Waals surface area (Å²) in [7, 11) is 0. The molecule has 2 N–H and O–H groups in total. The van der Waals surface area contributed by atoms with Crippen LogP contribution in [-0.4, -0.2) is 22.1 Å². The van der Waals surface area contributed by atoms with Gasteiger partial charge in [-0.3, -0.25) is 5.26 Å². The predicted molar refractivity (Wildman–Crippen MR) is 131 cm³/mol. The number of fused-ring (bicyclic) bond motifs is 5. The lowest BCUT2D eigenvalue weighted by atomic mass is 9.46. The van der Waals surface area contributed by atoms with Crippen molar-refractivity contribution in [2.24, 2.45) is 46.3 Å². The Morgan fingerprint density at radius 2 is 1.78 bits per heavy atom. The molecule has 0 aliphatic heterocycles. The normalized spacial score (nSPS) is 45.5. The van der Waals surface area contributed by atoms with Crippen molar-refractivity contribution in [3.63, 3.8) is 0 Å². The van der Waals surface area contributed by atoms with Gasteiger partial charge in [0.05, 0.1) is 6.10 Å². The molecule has 3 heteroatoms. The Hall–Kier alpha value is -0.640. The summed E-state index contributed by atoms with van der Waals surface area (Å²) < 4.78 is 0. The van der Waals surface area contributed by atoms with Crippen LogP contribution in [0, 0.1) is 46.3 Å². The van der Waals surface area contributed by atoms with Crippen molar-refractivity contribution >= 4 is 0 Å². The molecular weight excluding hydrogens is 396 g/mol. The minimum absolute atomic E-state index is 0.0589. The Balaban J connectivity index is 1.59. The molecule has 4 aliphatic carbocycles. The molecule has 3 fully saturated rings. The van der Waals surface area contributed by atoms with Gasteiger partial charge in [-0.1, -0.05) is 59.8 Å². The third-order valence-electron chi connectivity index (χ3n) is 11.4. The third-order valence-corrected chi connectivity index (χ3v) is 11.4. The standard InChI is InChI=1S/C29H48O3/c1-18(2)21(5)19(3)16-20(4)29(32-31)15-12-26-24-9-8-22-17-23(30)10-13-27(22,6)25(24)11-14-28(26,29)7/h8,18-19,21,23-26,30-31H,4,9-17H2,1-3,5-7H3/t19-,21-,23+,24-,25+,26+,27+,28+,29+/m1/s1. The van der Waals surface area contributed by atoms with Crippen LogP contribution in [-0.2, 0) is 4.89 Å². The van der Waals surface area contributed by atoms with Gasteiger partial charge in [0.1, 0.15) is 5.60 Å². The fourth-order valence-corrected chi connectivity index (χ4v) is 8.83. The Kier molecular flexibility index (Phi) is 6.53. The second-order valence-electron chi connectivity index (χ2n) is 13.0. The van der Waals surface area contributed by atoms with Crippen LogP contribution in [0.3, 0.4) is 0 Å². The summed E-state index contributed by atoms with van der Waals surface area (Å²) >= 11 is 0. The predicted octanol–water partition coefficient (Wildman–Crippen LogP) is 7.41. The van der Waals surface area contributed by atoms with Gasteiger partial charge < -0.3 is 5.11 Å². The lowest BCUT2D eigenvalue weighted by Crippen LogP contribution is -2.56. The van der Waals surface area contributed by atoms with E-state index in [1.54, 1.807) is 0 Å². The van der Waals surface area contributed by atoms with Crippen LogP contribution in [0.1, 0.15) is 99.3 Å². The first-order valence-corrected chi connectivity index (χ1v) is 13.4. The molecule has 4 aliphatic rings. The minimum atomic E-state index is -0.610. The summed E-state index contributed by atoms with van der Waals surface area (Å²) in [6, 6.07) is 0. The molecular formula is C29H48O3. The fraction of sp³-hybridized carbons (Fsp3) is 0.862. The molecule has 0 bridgehead atoms. The molecule has 9 atom stereocenters. The van der Waals surface area contributed by atoms with E-state index in [0.717, 1.165) is 56.9 Å². The SMILES string of the molecule is C=C(C[C@@H](C)[C@H](C)C(C)C)[C@@]1(OO)CC[C@H]2[C@@H]3CC=C4C[C@@H](O)CC[C@]4(C)[C@H]3CC[C@@]21C. The molecule has 0 aromatic heterocycles. The maximum atomic E-state index is 10.4.